The average molecular weight is 554 g/mol. The highest BCUT2D eigenvalue weighted by Gasteiger charge is 2.71. The van der Waals surface area contributed by atoms with Crippen molar-refractivity contribution in [2.45, 2.75) is 50.0 Å². The molecule has 11 heteroatoms. The van der Waals surface area contributed by atoms with Gasteiger partial charge in [-0.05, 0) is 44.0 Å². The first-order valence-electron chi connectivity index (χ1n) is 13.7. The lowest BCUT2D eigenvalue weighted by Gasteiger charge is -2.35. The molecule has 6 atom stereocenters. The number of benzene rings is 1. The largest absolute Gasteiger partial charge is 0.497 e. The molecule has 0 radical (unpaired) electrons. The molecule has 2 N–H and O–H groups in total. The molecule has 11 nitrogen and oxygen atoms in total. The van der Waals surface area contributed by atoms with Crippen molar-refractivity contribution in [2.75, 3.05) is 38.3 Å². The molecule has 0 aliphatic carbocycles. The van der Waals surface area contributed by atoms with Gasteiger partial charge < -0.3 is 34.4 Å². The molecule has 214 valence electrons. The van der Waals surface area contributed by atoms with Crippen LogP contribution in [0.5, 0.6) is 5.75 Å². The summed E-state index contributed by atoms with van der Waals surface area (Å²) in [7, 11) is 1.56. The molecule has 1 aromatic carbocycles. The summed E-state index contributed by atoms with van der Waals surface area (Å²) in [6.45, 7) is 2.03. The minimum atomic E-state index is -1.42. The van der Waals surface area contributed by atoms with E-state index in [4.69, 9.17) is 14.2 Å². The minimum absolute atomic E-state index is 0.127. The fourth-order valence-electron chi connectivity index (χ4n) is 6.14. The van der Waals surface area contributed by atoms with Crippen molar-refractivity contribution in [2.24, 2.45) is 11.8 Å². The number of nitrogens with zero attached hydrogens (tertiary/aromatic N) is 2. The number of amides is 3. The van der Waals surface area contributed by atoms with Gasteiger partial charge in [-0.3, -0.25) is 19.2 Å². The minimum Gasteiger partial charge on any atom is -0.497 e. The Morgan fingerprint density at radius 2 is 1.90 bits per heavy atom. The van der Waals surface area contributed by atoms with Crippen molar-refractivity contribution in [3.8, 4) is 5.75 Å². The van der Waals surface area contributed by atoms with Crippen LogP contribution in [0, 0.1) is 11.8 Å². The molecule has 4 heterocycles. The number of ether oxygens (including phenoxy) is 3. The van der Waals surface area contributed by atoms with Gasteiger partial charge in [-0.1, -0.05) is 24.3 Å². The Morgan fingerprint density at radius 1 is 1.12 bits per heavy atom. The summed E-state index contributed by atoms with van der Waals surface area (Å²) in [6.07, 6.45) is 6.52. The number of aliphatic hydroxyl groups is 1. The molecular weight excluding hydrogens is 518 g/mol. The van der Waals surface area contributed by atoms with E-state index in [2.05, 4.69) is 5.32 Å². The molecule has 1 spiro atoms. The lowest BCUT2D eigenvalue weighted by atomic mass is 9.78. The summed E-state index contributed by atoms with van der Waals surface area (Å²) in [4.78, 5) is 57.1. The number of methoxy groups -OCH3 is 1. The van der Waals surface area contributed by atoms with Gasteiger partial charge in [0.2, 0.25) is 11.8 Å². The van der Waals surface area contributed by atoms with Gasteiger partial charge in [0.15, 0.2) is 0 Å². The van der Waals surface area contributed by atoms with Crippen LogP contribution < -0.4 is 15.0 Å². The summed E-state index contributed by atoms with van der Waals surface area (Å²) in [5.74, 6) is -2.86. The van der Waals surface area contributed by atoms with E-state index in [0.29, 0.717) is 17.9 Å². The maximum atomic E-state index is 14.3. The molecule has 1 aromatic rings. The molecule has 3 amide bonds. The maximum Gasteiger partial charge on any atom is 0.313 e. The summed E-state index contributed by atoms with van der Waals surface area (Å²) < 4.78 is 17.6. The third-order valence-electron chi connectivity index (χ3n) is 7.98. The highest BCUT2D eigenvalue weighted by molar-refractivity contribution is 6.05. The van der Waals surface area contributed by atoms with E-state index >= 15 is 0 Å². The van der Waals surface area contributed by atoms with E-state index in [1.165, 1.54) is 4.90 Å². The monoisotopic (exact) mass is 553 g/mol. The number of allylic oxidation sites excluding steroid dienone is 1. The van der Waals surface area contributed by atoms with Crippen LogP contribution >= 0.6 is 0 Å². The number of hydrogen-bond acceptors (Lipinski definition) is 8. The normalized spacial score (nSPS) is 33.1. The summed E-state index contributed by atoms with van der Waals surface area (Å²) in [5.41, 5.74) is -0.790. The topological polar surface area (TPSA) is 135 Å². The zero-order valence-corrected chi connectivity index (χ0v) is 22.7. The molecule has 4 aliphatic heterocycles. The van der Waals surface area contributed by atoms with Crippen LogP contribution in [0.3, 0.4) is 0 Å². The highest BCUT2D eigenvalue weighted by Crippen LogP contribution is 2.53. The first kappa shape index (κ1) is 27.9. The van der Waals surface area contributed by atoms with Gasteiger partial charge in [-0.2, -0.15) is 0 Å². The Bertz CT molecular complexity index is 1210. The Hall–Kier alpha value is -3.70. The van der Waals surface area contributed by atoms with Gasteiger partial charge in [-0.15, -0.1) is 0 Å². The first-order chi connectivity index (χ1) is 19.3. The summed E-state index contributed by atoms with van der Waals surface area (Å²) in [6, 6.07) is 6.00. The van der Waals surface area contributed by atoms with Gasteiger partial charge >= 0.3 is 5.97 Å². The number of fused-ring (bicyclic) bond motifs is 2. The Morgan fingerprint density at radius 3 is 2.62 bits per heavy atom. The molecule has 2 saturated heterocycles. The molecule has 2 fully saturated rings. The van der Waals surface area contributed by atoms with Crippen molar-refractivity contribution >= 4 is 29.4 Å². The molecule has 40 heavy (non-hydrogen) atoms. The van der Waals surface area contributed by atoms with Gasteiger partial charge in [0.1, 0.15) is 29.4 Å². The predicted molar refractivity (Wildman–Crippen MR) is 143 cm³/mol. The van der Waals surface area contributed by atoms with Crippen LogP contribution in [0.25, 0.3) is 0 Å². The molecule has 4 aliphatic rings. The zero-order chi connectivity index (χ0) is 28.4. The van der Waals surface area contributed by atoms with Crippen LogP contribution in [0.4, 0.5) is 5.69 Å². The number of carbonyl (C=O) groups excluding carboxylic acids is 4. The molecule has 0 unspecified atom stereocenters. The number of hydrogen-bond donors (Lipinski definition) is 2. The SMILES string of the molecule is COc1ccc(N2CC=C[C@]34O[C@@H]5/C=C\CCC(=O)NC[C@@H](C)OC(=O)[C@@H]5[C@H]3C(=O)N(CCCO)[C@@H]4C2=O)cc1. The fourth-order valence-corrected chi connectivity index (χ4v) is 6.14. The standard InChI is InChI=1S/C29H35N3O8/c1-18-17-30-22(34)8-4-3-7-21-23(28(37)39-18)24-26(35)32(15-6-16-33)25-27(36)31(14-5-13-29(24,25)40-21)19-9-11-20(38-2)12-10-19/h3,5,7,9-13,18,21,23-25,33H,4,6,8,14-17H2,1-2H3,(H,30,34)/b7-3-/t18-,21-,23+,24+,25-,29+/m1/s1. The van der Waals surface area contributed by atoms with E-state index in [9.17, 15) is 24.3 Å². The van der Waals surface area contributed by atoms with E-state index in [1.54, 1.807) is 67.5 Å². The van der Waals surface area contributed by atoms with Crippen LogP contribution in [0.15, 0.2) is 48.6 Å². The van der Waals surface area contributed by atoms with Gasteiger partial charge in [0.25, 0.3) is 5.91 Å². The van der Waals surface area contributed by atoms with Crippen LogP contribution in [0.1, 0.15) is 26.2 Å². The number of carbonyl (C=O) groups is 4. The first-order valence-corrected chi connectivity index (χ1v) is 13.7. The zero-order valence-electron chi connectivity index (χ0n) is 22.7. The van der Waals surface area contributed by atoms with Gasteiger partial charge in [0.05, 0.1) is 25.7 Å². The van der Waals surface area contributed by atoms with Crippen molar-refractivity contribution in [1.29, 1.82) is 0 Å². The molecule has 0 bridgehead atoms. The second-order valence-corrected chi connectivity index (χ2v) is 10.5. The van der Waals surface area contributed by atoms with E-state index in [0.717, 1.165) is 0 Å². The van der Waals surface area contributed by atoms with Gasteiger partial charge in [0, 0.05) is 31.8 Å². The summed E-state index contributed by atoms with van der Waals surface area (Å²) in [5, 5.41) is 12.3. The Balaban J connectivity index is 1.56. The molecule has 0 aromatic heterocycles. The predicted octanol–water partition coefficient (Wildman–Crippen LogP) is 0.959. The van der Waals surface area contributed by atoms with Crippen molar-refractivity contribution < 1.29 is 38.5 Å². The number of aliphatic hydroxyl groups excluding tert-OH is 1. The lowest BCUT2D eigenvalue weighted by Crippen LogP contribution is -2.55. The van der Waals surface area contributed by atoms with Crippen LogP contribution in [0.2, 0.25) is 0 Å². The number of anilines is 1. The quantitative estimate of drug-likeness (QED) is 0.407. The summed E-state index contributed by atoms with van der Waals surface area (Å²) >= 11 is 0. The third-order valence-corrected chi connectivity index (χ3v) is 7.98. The number of cyclic esters (lactones) is 1. The lowest BCUT2D eigenvalue weighted by molar-refractivity contribution is -0.158. The number of rotatable bonds is 5. The molecular formula is C29H35N3O8. The van der Waals surface area contributed by atoms with E-state index in [-0.39, 0.29) is 56.8 Å². The second kappa shape index (κ2) is 11.4. The highest BCUT2D eigenvalue weighted by atomic mass is 16.6. The Labute approximate surface area is 232 Å². The van der Waals surface area contributed by atoms with Crippen LogP contribution in [-0.4, -0.2) is 90.9 Å². The molecule has 5 rings (SSSR count). The number of esters is 1. The average Bonchev–Trinajstić information content (AvgIpc) is 3.33. The van der Waals surface area contributed by atoms with Crippen molar-refractivity contribution in [3.63, 3.8) is 0 Å². The van der Waals surface area contributed by atoms with Crippen molar-refractivity contribution in [3.05, 3.63) is 48.6 Å². The number of nitrogens with one attached hydrogen (secondary N) is 1. The van der Waals surface area contributed by atoms with Crippen molar-refractivity contribution in [1.82, 2.24) is 10.2 Å². The second-order valence-electron chi connectivity index (χ2n) is 10.5. The van der Waals surface area contributed by atoms with E-state index < -0.39 is 41.7 Å². The third kappa shape index (κ3) is 4.88. The van der Waals surface area contributed by atoms with Crippen LogP contribution in [-0.2, 0) is 28.7 Å². The molecule has 0 saturated carbocycles. The van der Waals surface area contributed by atoms with Gasteiger partial charge in [-0.25, -0.2) is 0 Å². The Kier molecular flexibility index (Phi) is 7.95. The maximum absolute atomic E-state index is 14.3. The smallest absolute Gasteiger partial charge is 0.313 e. The fraction of sp³-hybridized carbons (Fsp3) is 0.517. The van der Waals surface area contributed by atoms with E-state index in [1.807, 2.05) is 0 Å². The number of likely N-dealkylation sites (tertiary alicyclic amines) is 1.